The van der Waals surface area contributed by atoms with E-state index in [1.807, 2.05) is 29.2 Å². The van der Waals surface area contributed by atoms with Crippen molar-refractivity contribution >= 4 is 17.5 Å². The van der Waals surface area contributed by atoms with Crippen molar-refractivity contribution in [3.8, 4) is 5.75 Å². The molecule has 3 aliphatic rings. The molecule has 0 aliphatic carbocycles. The normalized spacial score (nSPS) is 24.5. The van der Waals surface area contributed by atoms with E-state index in [2.05, 4.69) is 0 Å². The second kappa shape index (κ2) is 7.48. The van der Waals surface area contributed by atoms with Crippen molar-refractivity contribution < 1.29 is 23.8 Å². The quantitative estimate of drug-likeness (QED) is 0.804. The van der Waals surface area contributed by atoms with E-state index in [0.717, 1.165) is 32.3 Å². The van der Waals surface area contributed by atoms with Gasteiger partial charge in [0, 0.05) is 26.8 Å². The Morgan fingerprint density at radius 3 is 2.85 bits per heavy atom. The Labute approximate surface area is 159 Å². The number of para-hydroxylation sites is 2. The molecule has 1 aromatic rings. The van der Waals surface area contributed by atoms with E-state index in [-0.39, 0.29) is 36.7 Å². The zero-order valence-corrected chi connectivity index (χ0v) is 15.7. The minimum absolute atomic E-state index is 0.0310. The fourth-order valence-electron chi connectivity index (χ4n) is 4.40. The number of likely N-dealkylation sites (tertiary alicyclic amines) is 1. The number of benzene rings is 1. The lowest BCUT2D eigenvalue weighted by molar-refractivity contribution is -0.187. The molecule has 0 aromatic heterocycles. The maximum atomic E-state index is 12.9. The number of anilines is 1. The molecule has 0 radical (unpaired) electrons. The molecular formula is C20H26N2O5. The van der Waals surface area contributed by atoms with Crippen molar-refractivity contribution in [2.24, 2.45) is 0 Å². The minimum atomic E-state index is -0.273. The van der Waals surface area contributed by atoms with Crippen LogP contribution in [0.1, 0.15) is 25.7 Å². The first-order valence-corrected chi connectivity index (χ1v) is 9.60. The Hall–Kier alpha value is -2.12. The number of carbonyl (C=O) groups excluding carboxylic acids is 2. The molecule has 27 heavy (non-hydrogen) atoms. The summed E-state index contributed by atoms with van der Waals surface area (Å²) in [5.74, 6) is 0.409. The maximum absolute atomic E-state index is 12.9. The third-order valence-corrected chi connectivity index (χ3v) is 5.94. The molecule has 1 unspecified atom stereocenters. The number of nitrogens with zero attached hydrogens (tertiary/aromatic N) is 2. The van der Waals surface area contributed by atoms with Gasteiger partial charge in [-0.3, -0.25) is 14.5 Å². The van der Waals surface area contributed by atoms with Gasteiger partial charge in [-0.1, -0.05) is 12.1 Å². The number of methoxy groups -OCH3 is 1. The Balaban J connectivity index is 1.41. The summed E-state index contributed by atoms with van der Waals surface area (Å²) in [6.07, 6.45) is 3.65. The van der Waals surface area contributed by atoms with E-state index in [1.165, 1.54) is 4.90 Å². The van der Waals surface area contributed by atoms with E-state index < -0.39 is 0 Å². The monoisotopic (exact) mass is 374 g/mol. The summed E-state index contributed by atoms with van der Waals surface area (Å²) in [6, 6.07) is 7.32. The molecule has 0 N–H and O–H groups in total. The fourth-order valence-corrected chi connectivity index (χ4v) is 4.40. The summed E-state index contributed by atoms with van der Waals surface area (Å²) in [6.45, 7) is 2.02. The smallest absolute Gasteiger partial charge is 0.265 e. The second-order valence-corrected chi connectivity index (χ2v) is 7.40. The van der Waals surface area contributed by atoms with E-state index >= 15 is 0 Å². The lowest BCUT2D eigenvalue weighted by Crippen LogP contribution is -2.57. The van der Waals surface area contributed by atoms with Crippen LogP contribution in [0.4, 0.5) is 5.69 Å². The number of rotatable bonds is 3. The number of carbonyl (C=O) groups is 2. The van der Waals surface area contributed by atoms with Gasteiger partial charge in [0.25, 0.3) is 5.91 Å². The molecule has 7 nitrogen and oxygen atoms in total. The molecule has 3 heterocycles. The topological polar surface area (TPSA) is 68.3 Å². The average molecular weight is 374 g/mol. The van der Waals surface area contributed by atoms with Crippen LogP contribution >= 0.6 is 0 Å². The first-order valence-electron chi connectivity index (χ1n) is 9.60. The van der Waals surface area contributed by atoms with Crippen molar-refractivity contribution in [2.75, 3.05) is 44.9 Å². The average Bonchev–Trinajstić information content (AvgIpc) is 2.71. The largest absolute Gasteiger partial charge is 0.482 e. The van der Waals surface area contributed by atoms with Crippen LogP contribution in [0.15, 0.2) is 24.3 Å². The van der Waals surface area contributed by atoms with Crippen LogP contribution < -0.4 is 9.64 Å². The van der Waals surface area contributed by atoms with Crippen LogP contribution in [0.25, 0.3) is 0 Å². The van der Waals surface area contributed by atoms with E-state index in [0.29, 0.717) is 24.5 Å². The minimum Gasteiger partial charge on any atom is -0.482 e. The van der Waals surface area contributed by atoms with Crippen LogP contribution in [0, 0.1) is 0 Å². The van der Waals surface area contributed by atoms with Gasteiger partial charge in [0.1, 0.15) is 12.3 Å². The summed E-state index contributed by atoms with van der Waals surface area (Å²) in [4.78, 5) is 28.5. The van der Waals surface area contributed by atoms with Gasteiger partial charge in [-0.15, -0.1) is 0 Å². The molecule has 2 fully saturated rings. The first-order chi connectivity index (χ1) is 13.1. The Morgan fingerprint density at radius 1 is 1.30 bits per heavy atom. The molecule has 7 heteroatoms. The van der Waals surface area contributed by atoms with Crippen LogP contribution in [0.3, 0.4) is 0 Å². The van der Waals surface area contributed by atoms with Crippen molar-refractivity contribution in [2.45, 2.75) is 37.4 Å². The molecule has 2 amide bonds. The molecule has 3 aliphatic heterocycles. The number of amides is 2. The highest BCUT2D eigenvalue weighted by Gasteiger charge is 2.45. The number of fused-ring (bicyclic) bond motifs is 1. The maximum Gasteiger partial charge on any atom is 0.265 e. The molecule has 0 saturated carbocycles. The van der Waals surface area contributed by atoms with Gasteiger partial charge in [0.05, 0.1) is 17.4 Å². The predicted molar refractivity (Wildman–Crippen MR) is 98.8 cm³/mol. The van der Waals surface area contributed by atoms with E-state index in [1.54, 1.807) is 7.11 Å². The SMILES string of the molecule is COC1CCCOC12CCN(C(=O)CN1C(=O)COc3ccccc31)CC2. The summed E-state index contributed by atoms with van der Waals surface area (Å²) >= 11 is 0. The summed E-state index contributed by atoms with van der Waals surface area (Å²) in [5, 5.41) is 0. The zero-order chi connectivity index (χ0) is 18.9. The van der Waals surface area contributed by atoms with Crippen LogP contribution in [-0.2, 0) is 19.1 Å². The highest BCUT2D eigenvalue weighted by Crippen LogP contribution is 2.37. The van der Waals surface area contributed by atoms with Crippen molar-refractivity contribution in [3.63, 3.8) is 0 Å². The molecule has 1 aromatic carbocycles. The zero-order valence-electron chi connectivity index (χ0n) is 15.7. The third kappa shape index (κ3) is 3.41. The molecule has 2 saturated heterocycles. The lowest BCUT2D eigenvalue weighted by atomic mass is 9.82. The van der Waals surface area contributed by atoms with Gasteiger partial charge in [0.15, 0.2) is 6.61 Å². The van der Waals surface area contributed by atoms with E-state index in [4.69, 9.17) is 14.2 Å². The molecule has 146 valence electrons. The Kier molecular flexibility index (Phi) is 5.06. The van der Waals surface area contributed by atoms with Crippen LogP contribution in [-0.4, -0.2) is 68.4 Å². The standard InChI is InChI=1S/C20H26N2O5/c1-25-17-7-4-12-27-20(17)8-10-21(11-9-20)18(23)13-22-15-5-2-3-6-16(15)26-14-19(22)24/h2-3,5-6,17H,4,7-14H2,1H3. The van der Waals surface area contributed by atoms with Gasteiger partial charge >= 0.3 is 0 Å². The molecule has 1 spiro atoms. The summed E-state index contributed by atoms with van der Waals surface area (Å²) in [5.41, 5.74) is 0.385. The second-order valence-electron chi connectivity index (χ2n) is 7.40. The summed E-state index contributed by atoms with van der Waals surface area (Å²) < 4.78 is 17.2. The third-order valence-electron chi connectivity index (χ3n) is 5.94. The van der Waals surface area contributed by atoms with Crippen LogP contribution in [0.5, 0.6) is 5.75 Å². The highest BCUT2D eigenvalue weighted by atomic mass is 16.5. The van der Waals surface area contributed by atoms with Crippen molar-refractivity contribution in [1.29, 1.82) is 0 Å². The number of hydrogen-bond acceptors (Lipinski definition) is 5. The van der Waals surface area contributed by atoms with Crippen molar-refractivity contribution in [3.05, 3.63) is 24.3 Å². The molecule has 1 atom stereocenters. The van der Waals surface area contributed by atoms with Gasteiger partial charge in [0.2, 0.25) is 5.91 Å². The molecular weight excluding hydrogens is 348 g/mol. The number of hydrogen-bond donors (Lipinski definition) is 0. The Bertz CT molecular complexity index is 714. The highest BCUT2D eigenvalue weighted by molar-refractivity contribution is 6.02. The van der Waals surface area contributed by atoms with Crippen LogP contribution in [0.2, 0.25) is 0 Å². The van der Waals surface area contributed by atoms with E-state index in [9.17, 15) is 9.59 Å². The molecule has 0 bridgehead atoms. The van der Waals surface area contributed by atoms with Gasteiger partial charge in [-0.25, -0.2) is 0 Å². The van der Waals surface area contributed by atoms with Gasteiger partial charge < -0.3 is 19.1 Å². The Morgan fingerprint density at radius 2 is 2.07 bits per heavy atom. The summed E-state index contributed by atoms with van der Waals surface area (Å²) in [7, 11) is 1.74. The van der Waals surface area contributed by atoms with Gasteiger partial charge in [-0.2, -0.15) is 0 Å². The number of piperidine rings is 1. The number of ether oxygens (including phenoxy) is 3. The predicted octanol–water partition coefficient (Wildman–Crippen LogP) is 1.60. The molecule has 4 rings (SSSR count). The fraction of sp³-hybridized carbons (Fsp3) is 0.600. The van der Waals surface area contributed by atoms with Gasteiger partial charge in [-0.05, 0) is 37.8 Å². The van der Waals surface area contributed by atoms with Crippen molar-refractivity contribution in [1.82, 2.24) is 4.90 Å². The lowest BCUT2D eigenvalue weighted by Gasteiger charge is -2.48. The first kappa shape index (κ1) is 18.3.